The van der Waals surface area contributed by atoms with E-state index in [4.69, 9.17) is 0 Å². The number of nitrogens with one attached hydrogen (secondary N) is 2. The number of amides is 1. The summed E-state index contributed by atoms with van der Waals surface area (Å²) < 4.78 is 0. The van der Waals surface area contributed by atoms with Gasteiger partial charge in [-0.05, 0) is 24.2 Å². The minimum atomic E-state index is -0.274. The number of thiazole rings is 1. The van der Waals surface area contributed by atoms with Crippen LogP contribution in [0.1, 0.15) is 16.1 Å². The van der Waals surface area contributed by atoms with Crippen LogP contribution in [0.2, 0.25) is 0 Å². The number of aryl methyl sites for hydroxylation is 1. The molecule has 0 unspecified atom stereocenters. The molecule has 0 radical (unpaired) electrons. The number of hydrazine groups is 1. The molecule has 0 fully saturated rings. The van der Waals surface area contributed by atoms with E-state index in [1.165, 1.54) is 0 Å². The largest absolute Gasteiger partial charge is 0.273 e. The summed E-state index contributed by atoms with van der Waals surface area (Å²) in [6.07, 6.45) is 0. The number of hydrogen-bond acceptors (Lipinski definition) is 6. The van der Waals surface area contributed by atoms with Gasteiger partial charge in [-0.3, -0.25) is 15.6 Å². The summed E-state index contributed by atoms with van der Waals surface area (Å²) in [7, 11) is 0. The van der Waals surface area contributed by atoms with Gasteiger partial charge in [0, 0.05) is 5.56 Å². The van der Waals surface area contributed by atoms with Gasteiger partial charge in [0.1, 0.15) is 0 Å². The van der Waals surface area contributed by atoms with Gasteiger partial charge in [-0.25, -0.2) is 4.98 Å². The fourth-order valence-electron chi connectivity index (χ4n) is 1.30. The molecular weight excluding hydrogens is 252 g/mol. The monoisotopic (exact) mass is 262 g/mol. The van der Waals surface area contributed by atoms with Crippen molar-refractivity contribution in [1.82, 2.24) is 10.4 Å². The van der Waals surface area contributed by atoms with Crippen molar-refractivity contribution in [1.29, 1.82) is 0 Å². The van der Waals surface area contributed by atoms with E-state index in [0.29, 0.717) is 21.4 Å². The lowest BCUT2D eigenvalue weighted by Gasteiger charge is -2.04. The van der Waals surface area contributed by atoms with Crippen LogP contribution in [0.5, 0.6) is 0 Å². The minimum absolute atomic E-state index is 0.274. The number of nitrogens with zero attached hydrogens (tertiary/aromatic N) is 2. The molecule has 1 heterocycles. The molecule has 2 rings (SSSR count). The topological polar surface area (TPSA) is 83.4 Å². The summed E-state index contributed by atoms with van der Waals surface area (Å²) >= 11 is 1.08. The molecule has 1 aromatic heterocycles. The molecule has 0 aliphatic rings. The SMILES string of the molecule is Cc1nc(NNC(=O)c2ccccc2)sc1N=O. The molecule has 92 valence electrons. The molecule has 0 bridgehead atoms. The highest BCUT2D eigenvalue weighted by Crippen LogP contribution is 2.29. The number of aromatic nitrogens is 1. The van der Waals surface area contributed by atoms with E-state index in [-0.39, 0.29) is 5.91 Å². The Morgan fingerprint density at radius 1 is 1.33 bits per heavy atom. The molecular formula is C11H10N4O2S. The third-order valence-electron chi connectivity index (χ3n) is 2.17. The summed E-state index contributed by atoms with van der Waals surface area (Å²) in [5.74, 6) is -0.274. The van der Waals surface area contributed by atoms with Gasteiger partial charge in [0.25, 0.3) is 5.91 Å². The Balaban J connectivity index is 1.99. The van der Waals surface area contributed by atoms with E-state index in [2.05, 4.69) is 21.0 Å². The maximum Gasteiger partial charge on any atom is 0.269 e. The second-order valence-electron chi connectivity index (χ2n) is 3.45. The van der Waals surface area contributed by atoms with Gasteiger partial charge in [0.2, 0.25) is 5.13 Å². The maximum atomic E-state index is 11.7. The lowest BCUT2D eigenvalue weighted by atomic mass is 10.2. The third-order valence-corrected chi connectivity index (χ3v) is 3.12. The number of nitroso groups, excluding NO2 is 1. The quantitative estimate of drug-likeness (QED) is 0.655. The van der Waals surface area contributed by atoms with Crippen molar-refractivity contribution in [2.24, 2.45) is 5.18 Å². The molecule has 0 aliphatic carbocycles. The van der Waals surface area contributed by atoms with Crippen LogP contribution in [0, 0.1) is 11.8 Å². The Labute approximate surface area is 107 Å². The smallest absolute Gasteiger partial charge is 0.269 e. The van der Waals surface area contributed by atoms with Crippen molar-refractivity contribution in [3.05, 3.63) is 46.5 Å². The molecule has 2 N–H and O–H groups in total. The van der Waals surface area contributed by atoms with E-state index >= 15 is 0 Å². The van der Waals surface area contributed by atoms with Gasteiger partial charge in [0.05, 0.1) is 5.69 Å². The van der Waals surface area contributed by atoms with Crippen molar-refractivity contribution in [3.8, 4) is 0 Å². The van der Waals surface area contributed by atoms with Crippen molar-refractivity contribution in [2.45, 2.75) is 6.92 Å². The number of hydrogen-bond donors (Lipinski definition) is 2. The molecule has 2 aromatic rings. The van der Waals surface area contributed by atoms with Gasteiger partial charge in [-0.1, -0.05) is 29.5 Å². The zero-order valence-corrected chi connectivity index (χ0v) is 10.3. The predicted molar refractivity (Wildman–Crippen MR) is 69.8 cm³/mol. The highest BCUT2D eigenvalue weighted by Gasteiger charge is 2.09. The van der Waals surface area contributed by atoms with Crippen LogP contribution in [-0.4, -0.2) is 10.9 Å². The summed E-state index contributed by atoms with van der Waals surface area (Å²) in [5.41, 5.74) is 6.21. The average molecular weight is 262 g/mol. The average Bonchev–Trinajstić information content (AvgIpc) is 2.77. The van der Waals surface area contributed by atoms with Crippen LogP contribution >= 0.6 is 11.3 Å². The zero-order valence-electron chi connectivity index (χ0n) is 9.51. The maximum absolute atomic E-state index is 11.7. The van der Waals surface area contributed by atoms with E-state index in [1.807, 2.05) is 6.07 Å². The van der Waals surface area contributed by atoms with Crippen LogP contribution in [-0.2, 0) is 0 Å². The molecule has 0 atom stereocenters. The first kappa shape index (κ1) is 12.2. The number of carbonyl (C=O) groups is 1. The van der Waals surface area contributed by atoms with E-state index in [0.717, 1.165) is 11.3 Å². The molecule has 0 saturated heterocycles. The minimum Gasteiger partial charge on any atom is -0.273 e. The molecule has 18 heavy (non-hydrogen) atoms. The Morgan fingerprint density at radius 3 is 2.67 bits per heavy atom. The molecule has 0 aliphatic heterocycles. The van der Waals surface area contributed by atoms with E-state index in [1.54, 1.807) is 31.2 Å². The number of anilines is 1. The summed E-state index contributed by atoms with van der Waals surface area (Å²) in [6.45, 7) is 1.68. The van der Waals surface area contributed by atoms with E-state index < -0.39 is 0 Å². The summed E-state index contributed by atoms with van der Waals surface area (Å²) in [5, 5.41) is 3.55. The zero-order chi connectivity index (χ0) is 13.0. The number of rotatable bonds is 4. The van der Waals surface area contributed by atoms with Crippen molar-refractivity contribution >= 4 is 27.4 Å². The lowest BCUT2D eigenvalue weighted by molar-refractivity contribution is 0.0962. The van der Waals surface area contributed by atoms with Crippen LogP contribution in [0.25, 0.3) is 0 Å². The van der Waals surface area contributed by atoms with Crippen LogP contribution in [0.4, 0.5) is 10.1 Å². The fourth-order valence-corrected chi connectivity index (χ4v) is 2.00. The second-order valence-corrected chi connectivity index (χ2v) is 4.42. The molecule has 0 spiro atoms. The Bertz CT molecular complexity index is 568. The Kier molecular flexibility index (Phi) is 3.63. The highest BCUT2D eigenvalue weighted by atomic mass is 32.1. The standard InChI is InChI=1S/C11H10N4O2S/c1-7-10(15-17)18-11(12-7)14-13-9(16)8-5-3-2-4-6-8/h2-6H,1H3,(H,12,14)(H,13,16). The summed E-state index contributed by atoms with van der Waals surface area (Å²) in [6, 6.07) is 8.77. The first-order chi connectivity index (χ1) is 8.70. The number of carbonyl (C=O) groups excluding carboxylic acids is 1. The molecule has 1 aromatic carbocycles. The highest BCUT2D eigenvalue weighted by molar-refractivity contribution is 7.19. The molecule has 1 amide bonds. The van der Waals surface area contributed by atoms with Crippen molar-refractivity contribution in [3.63, 3.8) is 0 Å². The van der Waals surface area contributed by atoms with Gasteiger partial charge < -0.3 is 0 Å². The molecule has 7 heteroatoms. The number of benzene rings is 1. The molecule has 0 saturated carbocycles. The van der Waals surface area contributed by atoms with Crippen molar-refractivity contribution in [2.75, 3.05) is 5.43 Å². The fraction of sp³-hybridized carbons (Fsp3) is 0.0909. The molecule has 6 nitrogen and oxygen atoms in total. The van der Waals surface area contributed by atoms with Crippen LogP contribution in [0.3, 0.4) is 0 Å². The van der Waals surface area contributed by atoms with Crippen LogP contribution < -0.4 is 10.9 Å². The van der Waals surface area contributed by atoms with Crippen LogP contribution in [0.15, 0.2) is 35.5 Å². The van der Waals surface area contributed by atoms with Gasteiger partial charge >= 0.3 is 0 Å². The first-order valence-electron chi connectivity index (χ1n) is 5.13. The Hall–Kier alpha value is -2.28. The third kappa shape index (κ3) is 2.69. The van der Waals surface area contributed by atoms with E-state index in [9.17, 15) is 9.70 Å². The van der Waals surface area contributed by atoms with Crippen molar-refractivity contribution < 1.29 is 4.79 Å². The van der Waals surface area contributed by atoms with Gasteiger partial charge in [-0.15, -0.1) is 4.91 Å². The second kappa shape index (κ2) is 5.37. The first-order valence-corrected chi connectivity index (χ1v) is 5.94. The summed E-state index contributed by atoms with van der Waals surface area (Å²) in [4.78, 5) is 26.1. The lowest BCUT2D eigenvalue weighted by Crippen LogP contribution is -2.29. The van der Waals surface area contributed by atoms with Gasteiger partial charge in [-0.2, -0.15) is 0 Å². The Morgan fingerprint density at radius 2 is 2.06 bits per heavy atom. The predicted octanol–water partition coefficient (Wildman–Crippen LogP) is 2.61. The van der Waals surface area contributed by atoms with Gasteiger partial charge in [0.15, 0.2) is 5.00 Å². The normalized spacial score (nSPS) is 9.83.